The van der Waals surface area contributed by atoms with Crippen molar-refractivity contribution in [2.75, 3.05) is 10.1 Å². The van der Waals surface area contributed by atoms with Crippen molar-refractivity contribution in [3.05, 3.63) is 45.4 Å². The third kappa shape index (κ3) is 1.08. The highest BCUT2D eigenvalue weighted by Crippen LogP contribution is 2.48. The smallest absolute Gasteiger partial charge is 0.0646 e. The van der Waals surface area contributed by atoms with Crippen molar-refractivity contribution in [2.45, 2.75) is 0 Å². The number of anilines is 4. The van der Waals surface area contributed by atoms with Gasteiger partial charge in [0.05, 0.1) is 22.7 Å². The molecule has 3 rings (SSSR count). The molecular formula is C10H6N2O2S-2. The van der Waals surface area contributed by atoms with E-state index >= 15 is 0 Å². The van der Waals surface area contributed by atoms with Crippen LogP contribution in [0.15, 0.2) is 35.0 Å². The normalized spacial score (nSPS) is 13.7. The molecule has 2 heterocycles. The van der Waals surface area contributed by atoms with Crippen molar-refractivity contribution in [2.24, 2.45) is 0 Å². The van der Waals surface area contributed by atoms with E-state index in [1.807, 2.05) is 0 Å². The van der Waals surface area contributed by atoms with Gasteiger partial charge in [-0.25, -0.2) is 0 Å². The molecule has 1 aromatic carbocycles. The Bertz CT molecular complexity index is 468. The number of para-hydroxylation sites is 2. The summed E-state index contributed by atoms with van der Waals surface area (Å²) >= 11 is 1.35. The number of benzene rings is 1. The molecule has 0 atom stereocenters. The molecule has 1 aliphatic heterocycles. The maximum Gasteiger partial charge on any atom is 0.0646 e. The zero-order valence-corrected chi connectivity index (χ0v) is 8.40. The molecule has 0 unspecified atom stereocenters. The molecule has 0 bridgehead atoms. The van der Waals surface area contributed by atoms with Crippen LogP contribution in [-0.2, 0) is 0 Å². The van der Waals surface area contributed by atoms with Crippen LogP contribution >= 0.6 is 11.3 Å². The molecule has 0 saturated heterocycles. The van der Waals surface area contributed by atoms with E-state index in [9.17, 15) is 10.4 Å². The van der Waals surface area contributed by atoms with Gasteiger partial charge in [0.1, 0.15) is 0 Å². The molecule has 0 aliphatic carbocycles. The van der Waals surface area contributed by atoms with Gasteiger partial charge in [-0.2, -0.15) is 0 Å². The standard InChI is InChI=1S/C10H6N2O2S/c13-11-7-3-1-2-4-8(7)12(14)10-6-15-5-9(10)11/h1-6H/q-2. The quantitative estimate of drug-likeness (QED) is 0.680. The molecule has 0 saturated carbocycles. The van der Waals surface area contributed by atoms with E-state index in [1.165, 1.54) is 11.3 Å². The number of thiophene rings is 1. The highest BCUT2D eigenvalue weighted by atomic mass is 32.1. The van der Waals surface area contributed by atoms with Crippen molar-refractivity contribution in [3.63, 3.8) is 0 Å². The summed E-state index contributed by atoms with van der Waals surface area (Å²) in [6, 6.07) is 6.78. The van der Waals surface area contributed by atoms with Gasteiger partial charge in [0.2, 0.25) is 0 Å². The second-order valence-electron chi connectivity index (χ2n) is 3.22. The fourth-order valence-electron chi connectivity index (χ4n) is 1.65. The number of hydrogen-bond donors (Lipinski definition) is 0. The van der Waals surface area contributed by atoms with Crippen LogP contribution in [0.1, 0.15) is 0 Å². The van der Waals surface area contributed by atoms with Gasteiger partial charge in [-0.3, -0.25) is 0 Å². The Balaban J connectivity index is 2.26. The van der Waals surface area contributed by atoms with Gasteiger partial charge in [-0.1, -0.05) is 12.1 Å². The zero-order valence-electron chi connectivity index (χ0n) is 7.58. The van der Waals surface area contributed by atoms with E-state index in [0.29, 0.717) is 22.7 Å². The minimum absolute atomic E-state index is 0.401. The van der Waals surface area contributed by atoms with E-state index in [-0.39, 0.29) is 0 Å². The fraction of sp³-hybridized carbons (Fsp3) is 0. The van der Waals surface area contributed by atoms with Crippen LogP contribution in [0.2, 0.25) is 0 Å². The number of nitrogens with zero attached hydrogens (tertiary/aromatic N) is 2. The highest BCUT2D eigenvalue weighted by molar-refractivity contribution is 7.09. The minimum atomic E-state index is 0.401. The Morgan fingerprint density at radius 3 is 1.73 bits per heavy atom. The van der Waals surface area contributed by atoms with Crippen LogP contribution in [0, 0.1) is 10.4 Å². The first kappa shape index (κ1) is 8.72. The fourth-order valence-corrected chi connectivity index (χ4v) is 2.41. The number of rotatable bonds is 0. The predicted molar refractivity (Wildman–Crippen MR) is 61.8 cm³/mol. The zero-order chi connectivity index (χ0) is 10.4. The van der Waals surface area contributed by atoms with E-state index < -0.39 is 0 Å². The first-order valence-corrected chi connectivity index (χ1v) is 5.33. The molecule has 2 aromatic rings. The van der Waals surface area contributed by atoms with Crippen LogP contribution in [0.4, 0.5) is 22.7 Å². The van der Waals surface area contributed by atoms with Crippen LogP contribution in [0.5, 0.6) is 0 Å². The summed E-state index contributed by atoms with van der Waals surface area (Å²) in [5, 5.41) is 28.7. The van der Waals surface area contributed by atoms with Crippen LogP contribution in [-0.4, -0.2) is 0 Å². The Morgan fingerprint density at radius 1 is 0.800 bits per heavy atom. The van der Waals surface area contributed by atoms with Gasteiger partial charge in [0.25, 0.3) is 0 Å². The van der Waals surface area contributed by atoms with Gasteiger partial charge < -0.3 is 20.5 Å². The second kappa shape index (κ2) is 2.96. The van der Waals surface area contributed by atoms with Crippen LogP contribution in [0.3, 0.4) is 0 Å². The molecule has 0 spiro atoms. The topological polar surface area (TPSA) is 52.6 Å². The molecule has 15 heavy (non-hydrogen) atoms. The summed E-state index contributed by atoms with van der Waals surface area (Å²) in [6.07, 6.45) is 0. The maximum absolute atomic E-state index is 11.9. The van der Waals surface area contributed by atoms with Gasteiger partial charge in [-0.05, 0) is 12.1 Å². The molecule has 0 amide bonds. The molecule has 1 aliphatic rings. The van der Waals surface area contributed by atoms with Gasteiger partial charge >= 0.3 is 0 Å². The van der Waals surface area contributed by atoms with Gasteiger partial charge in [0, 0.05) is 10.8 Å². The van der Waals surface area contributed by atoms with Crippen LogP contribution in [0.25, 0.3) is 0 Å². The summed E-state index contributed by atoms with van der Waals surface area (Å²) in [4.78, 5) is 0. The Labute approximate surface area is 90.1 Å². The summed E-state index contributed by atoms with van der Waals surface area (Å²) in [5.41, 5.74) is 1.65. The molecular weight excluding hydrogens is 212 g/mol. The SMILES string of the molecule is [O-]N1c2ccccc2N([O-])c2cscc21. The van der Waals surface area contributed by atoms with Gasteiger partial charge in [-0.15, -0.1) is 11.3 Å². The third-order valence-corrected chi connectivity index (χ3v) is 3.10. The Morgan fingerprint density at radius 2 is 1.27 bits per heavy atom. The molecule has 4 nitrogen and oxygen atoms in total. The second-order valence-corrected chi connectivity index (χ2v) is 3.96. The number of hydrogen-bond acceptors (Lipinski definition) is 5. The average molecular weight is 218 g/mol. The maximum atomic E-state index is 11.9. The summed E-state index contributed by atoms with van der Waals surface area (Å²) in [6.45, 7) is 0. The molecule has 0 radical (unpaired) electrons. The van der Waals surface area contributed by atoms with E-state index in [4.69, 9.17) is 0 Å². The molecule has 0 fully saturated rings. The highest BCUT2D eigenvalue weighted by Gasteiger charge is 2.18. The largest absolute Gasteiger partial charge is 0.754 e. The van der Waals surface area contributed by atoms with Crippen molar-refractivity contribution < 1.29 is 0 Å². The van der Waals surface area contributed by atoms with E-state index in [1.54, 1.807) is 35.0 Å². The van der Waals surface area contributed by atoms with Gasteiger partial charge in [0.15, 0.2) is 0 Å². The van der Waals surface area contributed by atoms with E-state index in [0.717, 1.165) is 10.1 Å². The first-order chi connectivity index (χ1) is 7.29. The van der Waals surface area contributed by atoms with Crippen molar-refractivity contribution in [1.29, 1.82) is 0 Å². The predicted octanol–water partition coefficient (Wildman–Crippen LogP) is 3.33. The lowest BCUT2D eigenvalue weighted by molar-refractivity contribution is 1.19. The first-order valence-electron chi connectivity index (χ1n) is 4.39. The lowest BCUT2D eigenvalue weighted by atomic mass is 10.2. The van der Waals surface area contributed by atoms with Crippen molar-refractivity contribution in [3.8, 4) is 0 Å². The van der Waals surface area contributed by atoms with Crippen molar-refractivity contribution in [1.82, 2.24) is 0 Å². The molecule has 5 heteroatoms. The third-order valence-electron chi connectivity index (χ3n) is 2.38. The van der Waals surface area contributed by atoms with Crippen molar-refractivity contribution >= 4 is 34.1 Å². The lowest BCUT2D eigenvalue weighted by Crippen LogP contribution is -2.20. The average Bonchev–Trinajstić information content (AvgIpc) is 2.75. The Hall–Kier alpha value is -1.56. The Kier molecular flexibility index (Phi) is 1.72. The monoisotopic (exact) mass is 218 g/mol. The lowest BCUT2D eigenvalue weighted by Gasteiger charge is -2.45. The summed E-state index contributed by atoms with van der Waals surface area (Å²) in [5.74, 6) is 0. The summed E-state index contributed by atoms with van der Waals surface area (Å²) in [7, 11) is 0. The minimum Gasteiger partial charge on any atom is -0.754 e. The molecule has 0 N–H and O–H groups in total. The molecule has 1 aromatic heterocycles. The van der Waals surface area contributed by atoms with Crippen LogP contribution < -0.4 is 10.1 Å². The number of fused-ring (bicyclic) bond motifs is 2. The summed E-state index contributed by atoms with van der Waals surface area (Å²) < 4.78 is 0. The molecule has 76 valence electrons. The van der Waals surface area contributed by atoms with E-state index in [2.05, 4.69) is 0 Å².